The van der Waals surface area contributed by atoms with Crippen molar-refractivity contribution in [1.82, 2.24) is 4.57 Å². The molecule has 0 unspecified atom stereocenters. The minimum atomic E-state index is -0.404. The minimum Gasteiger partial charge on any atom is -0.316 e. The van der Waals surface area contributed by atoms with Gasteiger partial charge < -0.3 is 4.57 Å². The average Bonchev–Trinajstić information content (AvgIpc) is 3.12. The van der Waals surface area contributed by atoms with Gasteiger partial charge in [0.15, 0.2) is 4.80 Å². The lowest BCUT2D eigenvalue weighted by atomic mass is 9.89. The van der Waals surface area contributed by atoms with E-state index < -0.39 is 4.92 Å². The van der Waals surface area contributed by atoms with E-state index in [2.05, 4.69) is 9.56 Å². The summed E-state index contributed by atoms with van der Waals surface area (Å²) in [6.45, 7) is 0.815. The summed E-state index contributed by atoms with van der Waals surface area (Å²) in [7, 11) is 0. The molecule has 0 radical (unpaired) electrons. The van der Waals surface area contributed by atoms with Crippen LogP contribution < -0.4 is 4.80 Å². The number of rotatable bonds is 5. The Morgan fingerprint density at radius 3 is 2.55 bits per heavy atom. The first-order chi connectivity index (χ1) is 14.1. The fourth-order valence-electron chi connectivity index (χ4n) is 3.89. The summed E-state index contributed by atoms with van der Waals surface area (Å²) >= 11 is 1.46. The van der Waals surface area contributed by atoms with Gasteiger partial charge in [0.2, 0.25) is 0 Å². The van der Waals surface area contributed by atoms with Gasteiger partial charge in [0.1, 0.15) is 11.5 Å². The first kappa shape index (κ1) is 19.5. The number of nitro benzene ring substituents is 1. The second-order valence-electron chi connectivity index (χ2n) is 7.38. The second-order valence-corrected chi connectivity index (χ2v) is 8.22. The first-order valence-electron chi connectivity index (χ1n) is 9.84. The molecule has 1 fully saturated rings. The molecule has 1 aliphatic rings. The quantitative estimate of drug-likeness (QED) is 0.377. The van der Waals surface area contributed by atoms with Crippen LogP contribution >= 0.6 is 11.3 Å². The number of hydrogen-bond acceptors (Lipinski definition) is 4. The van der Waals surface area contributed by atoms with Crippen molar-refractivity contribution in [3.05, 3.63) is 74.6 Å². The van der Waals surface area contributed by atoms with Gasteiger partial charge in [-0.05, 0) is 54.7 Å². The number of benzene rings is 2. The molecule has 0 amide bonds. The van der Waals surface area contributed by atoms with Crippen LogP contribution in [-0.2, 0) is 6.54 Å². The molecule has 0 bridgehead atoms. The first-order valence-corrected chi connectivity index (χ1v) is 10.7. The molecule has 5 nitrogen and oxygen atoms in total. The molecule has 3 aromatic rings. The molecule has 1 aromatic heterocycles. The van der Waals surface area contributed by atoms with Gasteiger partial charge in [-0.2, -0.15) is 0 Å². The third-order valence-electron chi connectivity index (χ3n) is 5.40. The van der Waals surface area contributed by atoms with Crippen LogP contribution in [-0.4, -0.2) is 9.49 Å². The molecule has 0 N–H and O–H groups in total. The lowest BCUT2D eigenvalue weighted by Crippen LogP contribution is -2.22. The van der Waals surface area contributed by atoms with Gasteiger partial charge in [0.05, 0.1) is 10.6 Å². The highest BCUT2D eigenvalue weighted by Crippen LogP contribution is 2.29. The fraction of sp³-hybridized carbons (Fsp3) is 0.318. The Morgan fingerprint density at radius 2 is 1.83 bits per heavy atom. The van der Waals surface area contributed by atoms with E-state index in [4.69, 9.17) is 0 Å². The van der Waals surface area contributed by atoms with Crippen molar-refractivity contribution in [2.45, 2.75) is 38.6 Å². The maximum absolute atomic E-state index is 13.4. The molecular weight excluding hydrogens is 389 g/mol. The number of aromatic nitrogens is 1. The third kappa shape index (κ3) is 4.45. The zero-order valence-electron chi connectivity index (χ0n) is 16.0. The van der Waals surface area contributed by atoms with Gasteiger partial charge >= 0.3 is 0 Å². The summed E-state index contributed by atoms with van der Waals surface area (Å²) in [5.41, 5.74) is 2.23. The highest BCUT2D eigenvalue weighted by atomic mass is 32.1. The van der Waals surface area contributed by atoms with Crippen LogP contribution in [0, 0.1) is 21.8 Å². The van der Waals surface area contributed by atoms with Crippen molar-refractivity contribution in [3.63, 3.8) is 0 Å². The summed E-state index contributed by atoms with van der Waals surface area (Å²) in [6.07, 6.45) is 6.10. The summed E-state index contributed by atoms with van der Waals surface area (Å²) in [6, 6.07) is 13.0. The zero-order valence-corrected chi connectivity index (χ0v) is 16.8. The minimum absolute atomic E-state index is 0.00607. The number of nitro groups is 1. The van der Waals surface area contributed by atoms with Gasteiger partial charge in [-0.3, -0.25) is 10.1 Å². The second kappa shape index (κ2) is 8.69. The summed E-state index contributed by atoms with van der Waals surface area (Å²) in [5.74, 6) is 0.287. The van der Waals surface area contributed by atoms with E-state index >= 15 is 0 Å². The van der Waals surface area contributed by atoms with Gasteiger partial charge in [-0.15, -0.1) is 11.3 Å². The van der Waals surface area contributed by atoms with E-state index in [0.29, 0.717) is 11.6 Å². The van der Waals surface area contributed by atoms with E-state index in [1.807, 2.05) is 5.38 Å². The largest absolute Gasteiger partial charge is 0.316 e. The molecule has 1 aliphatic carbocycles. The highest BCUT2D eigenvalue weighted by molar-refractivity contribution is 7.07. The summed E-state index contributed by atoms with van der Waals surface area (Å²) < 4.78 is 15.5. The SMILES string of the molecule is O=[N+]([O-])c1ccccc1N=c1scc(-c2ccc(F)cc2)n1CC1CCCCC1. The number of para-hydroxylation sites is 2. The maximum Gasteiger partial charge on any atom is 0.294 e. The smallest absolute Gasteiger partial charge is 0.294 e. The Labute approximate surface area is 172 Å². The normalized spacial score (nSPS) is 15.6. The van der Waals surface area contributed by atoms with Gasteiger partial charge in [0, 0.05) is 18.0 Å². The molecule has 1 heterocycles. The van der Waals surface area contributed by atoms with Crippen LogP contribution in [0.5, 0.6) is 0 Å². The summed E-state index contributed by atoms with van der Waals surface area (Å²) in [4.78, 5) is 16.4. The Hall–Kier alpha value is -2.80. The van der Waals surface area contributed by atoms with E-state index in [1.165, 1.54) is 61.6 Å². The van der Waals surface area contributed by atoms with E-state index in [9.17, 15) is 14.5 Å². The van der Waals surface area contributed by atoms with Gasteiger partial charge in [-0.25, -0.2) is 9.38 Å². The molecule has 1 saturated carbocycles. The molecule has 150 valence electrons. The third-order valence-corrected chi connectivity index (χ3v) is 6.26. The van der Waals surface area contributed by atoms with Crippen molar-refractivity contribution >= 4 is 22.7 Å². The number of thiazole rings is 1. The molecule has 0 aliphatic heterocycles. The lowest BCUT2D eigenvalue weighted by Gasteiger charge is -2.23. The van der Waals surface area contributed by atoms with E-state index in [-0.39, 0.29) is 11.5 Å². The van der Waals surface area contributed by atoms with Crippen LogP contribution in [0.1, 0.15) is 32.1 Å². The Morgan fingerprint density at radius 1 is 1.10 bits per heavy atom. The molecule has 2 aromatic carbocycles. The standard InChI is InChI=1S/C22H22FN3O2S/c23-18-12-10-17(11-13-18)21-15-29-22(25(21)14-16-6-2-1-3-7-16)24-19-8-4-5-9-20(19)26(27)28/h4-5,8-13,15-16H,1-3,6-7,14H2. The lowest BCUT2D eigenvalue weighted by molar-refractivity contribution is -0.384. The number of nitrogens with zero attached hydrogens (tertiary/aromatic N) is 3. The molecule has 4 rings (SSSR count). The van der Waals surface area contributed by atoms with Gasteiger partial charge in [-0.1, -0.05) is 31.4 Å². The number of halogens is 1. The van der Waals surface area contributed by atoms with Crippen LogP contribution in [0.3, 0.4) is 0 Å². The Kier molecular flexibility index (Phi) is 5.85. The summed E-state index contributed by atoms with van der Waals surface area (Å²) in [5, 5.41) is 13.4. The van der Waals surface area contributed by atoms with Gasteiger partial charge in [0.25, 0.3) is 5.69 Å². The van der Waals surface area contributed by atoms with Crippen molar-refractivity contribution in [2.75, 3.05) is 0 Å². The predicted molar refractivity (Wildman–Crippen MR) is 113 cm³/mol. The Balaban J connectivity index is 1.81. The van der Waals surface area contributed by atoms with Crippen molar-refractivity contribution in [1.29, 1.82) is 0 Å². The molecule has 0 saturated heterocycles. The molecular formula is C22H22FN3O2S. The topological polar surface area (TPSA) is 60.4 Å². The monoisotopic (exact) mass is 411 g/mol. The van der Waals surface area contributed by atoms with E-state index in [0.717, 1.165) is 22.6 Å². The predicted octanol–water partition coefficient (Wildman–Crippen LogP) is 6.08. The van der Waals surface area contributed by atoms with Crippen molar-refractivity contribution in [3.8, 4) is 11.3 Å². The van der Waals surface area contributed by atoms with Crippen LogP contribution in [0.15, 0.2) is 58.9 Å². The van der Waals surface area contributed by atoms with Crippen molar-refractivity contribution in [2.24, 2.45) is 10.9 Å². The van der Waals surface area contributed by atoms with Crippen LogP contribution in [0.2, 0.25) is 0 Å². The molecule has 7 heteroatoms. The number of hydrogen-bond donors (Lipinski definition) is 0. The fourth-order valence-corrected chi connectivity index (χ4v) is 4.82. The molecule has 0 atom stereocenters. The van der Waals surface area contributed by atoms with E-state index in [1.54, 1.807) is 30.3 Å². The zero-order chi connectivity index (χ0) is 20.2. The van der Waals surface area contributed by atoms with Crippen molar-refractivity contribution < 1.29 is 9.31 Å². The maximum atomic E-state index is 13.4. The molecule has 29 heavy (non-hydrogen) atoms. The molecule has 0 spiro atoms. The Bertz CT molecular complexity index is 1070. The van der Waals surface area contributed by atoms with Crippen LogP contribution in [0.4, 0.5) is 15.8 Å². The van der Waals surface area contributed by atoms with Crippen LogP contribution in [0.25, 0.3) is 11.3 Å². The average molecular weight is 412 g/mol. The highest BCUT2D eigenvalue weighted by Gasteiger charge is 2.18.